The van der Waals surface area contributed by atoms with Gasteiger partial charge in [-0.05, 0) is 43.0 Å². The smallest absolute Gasteiger partial charge is 0.225 e. The number of nitrogens with zero attached hydrogens (tertiary/aromatic N) is 1. The number of aromatic nitrogens is 1. The van der Waals surface area contributed by atoms with Gasteiger partial charge in [-0.2, -0.15) is 0 Å². The second kappa shape index (κ2) is 8.12. The molecule has 2 amide bonds. The van der Waals surface area contributed by atoms with Gasteiger partial charge in [-0.15, -0.1) is 0 Å². The Kier molecular flexibility index (Phi) is 5.87. The summed E-state index contributed by atoms with van der Waals surface area (Å²) in [6.45, 7) is 5.25. The van der Waals surface area contributed by atoms with Gasteiger partial charge < -0.3 is 15.2 Å². The minimum absolute atomic E-state index is 0.00780. The van der Waals surface area contributed by atoms with Crippen molar-refractivity contribution < 1.29 is 9.59 Å². The lowest BCUT2D eigenvalue weighted by Crippen LogP contribution is -2.39. The first-order valence-corrected chi connectivity index (χ1v) is 9.73. The van der Waals surface area contributed by atoms with Gasteiger partial charge in [0.1, 0.15) is 0 Å². The molecule has 5 nitrogen and oxygen atoms in total. The number of nitrogens with one attached hydrogen (secondary N) is 2. The molecule has 140 valence electrons. The number of halogens is 1. The van der Waals surface area contributed by atoms with E-state index in [1.807, 2.05) is 24.4 Å². The third-order valence-electron chi connectivity index (χ3n) is 5.30. The van der Waals surface area contributed by atoms with Crippen molar-refractivity contribution in [3.8, 4) is 0 Å². The molecular weight excluding hydrogens is 350 g/mol. The zero-order valence-electron chi connectivity index (χ0n) is 15.3. The first kappa shape index (κ1) is 18.8. The Morgan fingerprint density at radius 1 is 1.38 bits per heavy atom. The van der Waals surface area contributed by atoms with Gasteiger partial charge in [-0.3, -0.25) is 9.59 Å². The minimum atomic E-state index is -0.236. The molecule has 1 aromatic carbocycles. The van der Waals surface area contributed by atoms with Crippen molar-refractivity contribution in [1.29, 1.82) is 0 Å². The molecule has 0 bridgehead atoms. The third kappa shape index (κ3) is 4.04. The second-order valence-electron chi connectivity index (χ2n) is 7.02. The number of fused-ring (bicyclic) bond motifs is 1. The lowest BCUT2D eigenvalue weighted by molar-refractivity contribution is -0.129. The highest BCUT2D eigenvalue weighted by Gasteiger charge is 2.34. The van der Waals surface area contributed by atoms with Gasteiger partial charge in [-0.25, -0.2) is 0 Å². The molecular formula is C20H26ClN3O2. The highest BCUT2D eigenvalue weighted by Crippen LogP contribution is 2.24. The summed E-state index contributed by atoms with van der Waals surface area (Å²) in [5.41, 5.74) is 2.18. The minimum Gasteiger partial charge on any atom is -0.361 e. The summed E-state index contributed by atoms with van der Waals surface area (Å²) in [6.07, 6.45) is 4.85. The van der Waals surface area contributed by atoms with Crippen LogP contribution in [0.1, 0.15) is 38.7 Å². The Hall–Kier alpha value is -2.01. The fourth-order valence-electron chi connectivity index (χ4n) is 3.59. The van der Waals surface area contributed by atoms with E-state index >= 15 is 0 Å². The number of hydrogen-bond donors (Lipinski definition) is 2. The number of likely N-dealkylation sites (tertiary alicyclic amines) is 1. The number of amides is 2. The average Bonchev–Trinajstić information content (AvgIpc) is 3.20. The van der Waals surface area contributed by atoms with E-state index in [4.69, 9.17) is 11.6 Å². The fraction of sp³-hybridized carbons (Fsp3) is 0.500. The summed E-state index contributed by atoms with van der Waals surface area (Å²) in [7, 11) is 0. The SMILES string of the molecule is CCC(CC)NC(=O)C1CC(=O)N(CCc2c[nH]c3ccc(Cl)cc23)C1. The van der Waals surface area contributed by atoms with Crippen molar-refractivity contribution in [2.75, 3.05) is 13.1 Å². The zero-order chi connectivity index (χ0) is 18.7. The number of rotatable bonds is 7. The maximum absolute atomic E-state index is 12.4. The number of hydrogen-bond acceptors (Lipinski definition) is 2. The first-order chi connectivity index (χ1) is 12.5. The van der Waals surface area contributed by atoms with Crippen LogP contribution in [-0.4, -0.2) is 40.8 Å². The molecule has 6 heteroatoms. The number of aromatic amines is 1. The molecule has 1 aliphatic rings. The third-order valence-corrected chi connectivity index (χ3v) is 5.53. The van der Waals surface area contributed by atoms with Gasteiger partial charge in [0.2, 0.25) is 11.8 Å². The van der Waals surface area contributed by atoms with Gasteiger partial charge >= 0.3 is 0 Å². The van der Waals surface area contributed by atoms with Crippen molar-refractivity contribution in [2.45, 2.75) is 45.6 Å². The molecule has 3 rings (SSSR count). The van der Waals surface area contributed by atoms with E-state index in [-0.39, 0.29) is 23.8 Å². The summed E-state index contributed by atoms with van der Waals surface area (Å²) in [6, 6.07) is 5.96. The molecule has 0 radical (unpaired) electrons. The van der Waals surface area contributed by atoms with Crippen LogP contribution < -0.4 is 5.32 Å². The molecule has 1 fully saturated rings. The molecule has 1 atom stereocenters. The normalized spacial score (nSPS) is 17.5. The van der Waals surface area contributed by atoms with Gasteiger partial charge in [-0.1, -0.05) is 25.4 Å². The Morgan fingerprint density at radius 3 is 2.88 bits per heavy atom. The Labute approximate surface area is 159 Å². The van der Waals surface area contributed by atoms with Crippen molar-refractivity contribution >= 4 is 34.3 Å². The van der Waals surface area contributed by atoms with E-state index in [1.54, 1.807) is 4.90 Å². The predicted octanol–water partition coefficient (Wildman–Crippen LogP) is 3.52. The standard InChI is InChI=1S/C20H26ClN3O2/c1-3-16(4-2)23-20(26)14-9-19(25)24(12-14)8-7-13-11-22-18-6-5-15(21)10-17(13)18/h5-6,10-11,14,16,22H,3-4,7-9,12H2,1-2H3,(H,23,26). The molecule has 2 heterocycles. The quantitative estimate of drug-likeness (QED) is 0.777. The van der Waals surface area contributed by atoms with Gasteiger partial charge in [0.15, 0.2) is 0 Å². The number of H-pyrrole nitrogens is 1. The van der Waals surface area contributed by atoms with Gasteiger partial charge in [0.25, 0.3) is 0 Å². The van der Waals surface area contributed by atoms with Crippen LogP contribution >= 0.6 is 11.6 Å². The topological polar surface area (TPSA) is 65.2 Å². The largest absolute Gasteiger partial charge is 0.361 e. The summed E-state index contributed by atoms with van der Waals surface area (Å²) in [5.74, 6) is -0.165. The van der Waals surface area contributed by atoms with Crippen LogP contribution in [0.25, 0.3) is 10.9 Å². The molecule has 0 spiro atoms. The molecule has 2 N–H and O–H groups in total. The van der Waals surface area contributed by atoms with Crippen LogP contribution in [0.15, 0.2) is 24.4 Å². The van der Waals surface area contributed by atoms with E-state index in [9.17, 15) is 9.59 Å². The number of carbonyl (C=O) groups excluding carboxylic acids is 2. The average molecular weight is 376 g/mol. The Bertz CT molecular complexity index is 797. The second-order valence-corrected chi connectivity index (χ2v) is 7.45. The van der Waals surface area contributed by atoms with E-state index < -0.39 is 0 Å². The molecule has 26 heavy (non-hydrogen) atoms. The van der Waals surface area contributed by atoms with E-state index in [2.05, 4.69) is 24.1 Å². The molecule has 1 saturated heterocycles. The summed E-state index contributed by atoms with van der Waals surface area (Å²) in [4.78, 5) is 29.8. The molecule has 0 saturated carbocycles. The zero-order valence-corrected chi connectivity index (χ0v) is 16.1. The molecule has 1 aromatic heterocycles. The van der Waals surface area contributed by atoms with Crippen LogP contribution in [0.4, 0.5) is 0 Å². The van der Waals surface area contributed by atoms with E-state index in [1.165, 1.54) is 0 Å². The molecule has 0 aliphatic carbocycles. The van der Waals surface area contributed by atoms with Crippen LogP contribution in [0, 0.1) is 5.92 Å². The Morgan fingerprint density at radius 2 is 2.15 bits per heavy atom. The van der Waals surface area contributed by atoms with Crippen LogP contribution in [-0.2, 0) is 16.0 Å². The van der Waals surface area contributed by atoms with Crippen molar-refractivity contribution in [3.05, 3.63) is 35.0 Å². The first-order valence-electron chi connectivity index (χ1n) is 9.35. The van der Waals surface area contributed by atoms with Gasteiger partial charge in [0, 0.05) is 47.7 Å². The maximum Gasteiger partial charge on any atom is 0.225 e. The van der Waals surface area contributed by atoms with E-state index in [0.29, 0.717) is 24.5 Å². The Balaban J connectivity index is 1.59. The fourth-order valence-corrected chi connectivity index (χ4v) is 3.76. The lowest BCUT2D eigenvalue weighted by atomic mass is 10.1. The highest BCUT2D eigenvalue weighted by atomic mass is 35.5. The summed E-state index contributed by atoms with van der Waals surface area (Å²) >= 11 is 6.09. The molecule has 1 aliphatic heterocycles. The summed E-state index contributed by atoms with van der Waals surface area (Å²) in [5, 5.41) is 4.85. The van der Waals surface area contributed by atoms with Crippen LogP contribution in [0.5, 0.6) is 0 Å². The predicted molar refractivity (Wildman–Crippen MR) is 104 cm³/mol. The van der Waals surface area contributed by atoms with Crippen molar-refractivity contribution in [1.82, 2.24) is 15.2 Å². The van der Waals surface area contributed by atoms with Crippen molar-refractivity contribution in [3.63, 3.8) is 0 Å². The van der Waals surface area contributed by atoms with Gasteiger partial charge in [0.05, 0.1) is 5.92 Å². The number of carbonyl (C=O) groups is 2. The summed E-state index contributed by atoms with van der Waals surface area (Å²) < 4.78 is 0. The monoisotopic (exact) mass is 375 g/mol. The van der Waals surface area contributed by atoms with Crippen LogP contribution in [0.2, 0.25) is 5.02 Å². The molecule has 2 aromatic rings. The lowest BCUT2D eigenvalue weighted by Gasteiger charge is -2.19. The maximum atomic E-state index is 12.4. The highest BCUT2D eigenvalue weighted by molar-refractivity contribution is 6.31. The van der Waals surface area contributed by atoms with E-state index in [0.717, 1.165) is 35.7 Å². The van der Waals surface area contributed by atoms with Crippen LogP contribution in [0.3, 0.4) is 0 Å². The number of benzene rings is 1. The molecule has 1 unspecified atom stereocenters. The van der Waals surface area contributed by atoms with Crippen molar-refractivity contribution in [2.24, 2.45) is 5.92 Å².